The first-order valence-corrected chi connectivity index (χ1v) is 11.9. The molecule has 2 aromatic heterocycles. The minimum atomic E-state index is -0.613. The van der Waals surface area contributed by atoms with Gasteiger partial charge in [0.15, 0.2) is 6.61 Å². The van der Waals surface area contributed by atoms with E-state index in [-0.39, 0.29) is 24.6 Å². The van der Waals surface area contributed by atoms with E-state index in [0.717, 1.165) is 32.5 Å². The Morgan fingerprint density at radius 3 is 2.40 bits per heavy atom. The Hall–Kier alpha value is -3.27. The van der Waals surface area contributed by atoms with E-state index in [4.69, 9.17) is 9.47 Å². The standard InChI is InChI=1S/C25H36N6O4/c1-17-22(29-24(33)35-25(3,4)5)18(2)28-23(27-17)34-16-21(32)30(6)20-9-12-31(13-10-20)15-19-8-7-11-26-14-19/h7-8,11,14,20H,9-10,12-13,15-16H2,1-6H3,(H,29,33). The molecule has 0 aliphatic carbocycles. The number of ether oxygens (including phenoxy) is 2. The molecule has 190 valence electrons. The zero-order chi connectivity index (χ0) is 25.6. The van der Waals surface area contributed by atoms with Crippen LogP contribution >= 0.6 is 0 Å². The molecular weight excluding hydrogens is 448 g/mol. The minimum absolute atomic E-state index is 0.0998. The molecule has 10 heteroatoms. The smallest absolute Gasteiger partial charge is 0.412 e. The van der Waals surface area contributed by atoms with Gasteiger partial charge in [-0.3, -0.25) is 20.0 Å². The number of amides is 2. The normalized spacial score (nSPS) is 14.9. The van der Waals surface area contributed by atoms with Gasteiger partial charge in [-0.05, 0) is 59.1 Å². The second-order valence-corrected chi connectivity index (χ2v) is 9.84. The van der Waals surface area contributed by atoms with E-state index in [9.17, 15) is 9.59 Å². The van der Waals surface area contributed by atoms with Crippen molar-refractivity contribution in [3.8, 4) is 6.01 Å². The first-order valence-electron chi connectivity index (χ1n) is 11.9. The topological polar surface area (TPSA) is 110 Å². The number of likely N-dealkylation sites (N-methyl/N-ethyl adjacent to an activating group) is 1. The van der Waals surface area contributed by atoms with Crippen molar-refractivity contribution in [2.45, 2.75) is 65.6 Å². The van der Waals surface area contributed by atoms with E-state index in [1.165, 1.54) is 5.56 Å². The quantitative estimate of drug-likeness (QED) is 0.637. The van der Waals surface area contributed by atoms with Crippen molar-refractivity contribution in [2.75, 3.05) is 32.1 Å². The molecule has 1 aliphatic heterocycles. The largest absolute Gasteiger partial charge is 0.453 e. The van der Waals surface area contributed by atoms with Crippen LogP contribution in [0, 0.1) is 13.8 Å². The molecule has 0 radical (unpaired) electrons. The number of nitrogens with one attached hydrogen (secondary N) is 1. The lowest BCUT2D eigenvalue weighted by Crippen LogP contribution is -2.46. The molecule has 1 aliphatic rings. The number of hydrogen-bond acceptors (Lipinski definition) is 8. The van der Waals surface area contributed by atoms with Crippen LogP contribution in [0.1, 0.15) is 50.6 Å². The summed E-state index contributed by atoms with van der Waals surface area (Å²) in [4.78, 5) is 41.8. The average Bonchev–Trinajstić information content (AvgIpc) is 2.79. The molecule has 0 bridgehead atoms. The van der Waals surface area contributed by atoms with Crippen LogP contribution in [0.3, 0.4) is 0 Å². The third-order valence-electron chi connectivity index (χ3n) is 5.83. The van der Waals surface area contributed by atoms with E-state index < -0.39 is 11.7 Å². The van der Waals surface area contributed by atoms with Gasteiger partial charge in [-0.25, -0.2) is 4.79 Å². The van der Waals surface area contributed by atoms with E-state index in [1.54, 1.807) is 45.7 Å². The highest BCUT2D eigenvalue weighted by atomic mass is 16.6. The number of anilines is 1. The van der Waals surface area contributed by atoms with Crippen LogP contribution in [0.5, 0.6) is 6.01 Å². The lowest BCUT2D eigenvalue weighted by Gasteiger charge is -2.36. The highest BCUT2D eigenvalue weighted by Gasteiger charge is 2.26. The first-order chi connectivity index (χ1) is 16.5. The molecule has 0 unspecified atom stereocenters. The molecule has 1 N–H and O–H groups in total. The Morgan fingerprint density at radius 1 is 1.17 bits per heavy atom. The number of nitrogens with zero attached hydrogens (tertiary/aromatic N) is 5. The molecule has 10 nitrogen and oxygen atoms in total. The SMILES string of the molecule is Cc1nc(OCC(=O)N(C)C2CCN(Cc3cccnc3)CC2)nc(C)c1NC(=O)OC(C)(C)C. The van der Waals surface area contributed by atoms with Gasteiger partial charge in [-0.2, -0.15) is 9.97 Å². The fourth-order valence-corrected chi connectivity index (χ4v) is 3.98. The van der Waals surface area contributed by atoms with Gasteiger partial charge in [0.25, 0.3) is 5.91 Å². The minimum Gasteiger partial charge on any atom is -0.453 e. The van der Waals surface area contributed by atoms with Crippen molar-refractivity contribution in [3.63, 3.8) is 0 Å². The highest BCUT2D eigenvalue weighted by Crippen LogP contribution is 2.21. The number of carbonyl (C=O) groups excluding carboxylic acids is 2. The van der Waals surface area contributed by atoms with Gasteiger partial charge in [0.05, 0.1) is 17.1 Å². The molecule has 2 amide bonds. The average molecular weight is 485 g/mol. The number of hydrogen-bond donors (Lipinski definition) is 1. The number of pyridine rings is 1. The van der Waals surface area contributed by atoms with Crippen LogP contribution in [-0.4, -0.2) is 75.1 Å². The van der Waals surface area contributed by atoms with Gasteiger partial charge in [0.2, 0.25) is 0 Å². The van der Waals surface area contributed by atoms with Crippen molar-refractivity contribution in [2.24, 2.45) is 0 Å². The van der Waals surface area contributed by atoms with Crippen molar-refractivity contribution in [1.82, 2.24) is 24.8 Å². The number of aromatic nitrogens is 3. The summed E-state index contributed by atoms with van der Waals surface area (Å²) in [5, 5.41) is 2.68. The molecule has 0 aromatic carbocycles. The van der Waals surface area contributed by atoms with Crippen LogP contribution in [-0.2, 0) is 16.1 Å². The van der Waals surface area contributed by atoms with E-state index in [1.807, 2.05) is 19.3 Å². The number of piperidine rings is 1. The number of aryl methyl sites for hydroxylation is 2. The Labute approximate surface area is 207 Å². The van der Waals surface area contributed by atoms with Crippen LogP contribution in [0.15, 0.2) is 24.5 Å². The molecule has 1 saturated heterocycles. The lowest BCUT2D eigenvalue weighted by molar-refractivity contribution is -0.135. The Morgan fingerprint density at radius 2 is 1.83 bits per heavy atom. The molecule has 0 saturated carbocycles. The summed E-state index contributed by atoms with van der Waals surface area (Å²) < 4.78 is 10.9. The molecule has 0 spiro atoms. The van der Waals surface area contributed by atoms with Crippen molar-refractivity contribution < 1.29 is 19.1 Å². The predicted octanol–water partition coefficient (Wildman–Crippen LogP) is 3.34. The zero-order valence-corrected chi connectivity index (χ0v) is 21.5. The lowest BCUT2D eigenvalue weighted by atomic mass is 10.0. The zero-order valence-electron chi connectivity index (χ0n) is 21.5. The van der Waals surface area contributed by atoms with E-state index >= 15 is 0 Å². The van der Waals surface area contributed by atoms with Gasteiger partial charge in [0, 0.05) is 45.1 Å². The summed E-state index contributed by atoms with van der Waals surface area (Å²) in [6, 6.07) is 4.30. The highest BCUT2D eigenvalue weighted by molar-refractivity contribution is 5.86. The van der Waals surface area contributed by atoms with Crippen molar-refractivity contribution >= 4 is 17.7 Å². The Bertz CT molecular complexity index is 993. The Kier molecular flexibility index (Phi) is 8.61. The first kappa shape index (κ1) is 26.3. The Balaban J connectivity index is 1.48. The van der Waals surface area contributed by atoms with Crippen LogP contribution < -0.4 is 10.1 Å². The van der Waals surface area contributed by atoms with Crippen LogP contribution in [0.2, 0.25) is 0 Å². The van der Waals surface area contributed by atoms with Gasteiger partial charge < -0.3 is 14.4 Å². The van der Waals surface area contributed by atoms with Gasteiger partial charge >= 0.3 is 12.1 Å². The molecule has 1 fully saturated rings. The monoisotopic (exact) mass is 484 g/mol. The second kappa shape index (κ2) is 11.4. The number of carbonyl (C=O) groups is 2. The molecular formula is C25H36N6O4. The second-order valence-electron chi connectivity index (χ2n) is 9.84. The third-order valence-corrected chi connectivity index (χ3v) is 5.83. The van der Waals surface area contributed by atoms with Crippen molar-refractivity contribution in [1.29, 1.82) is 0 Å². The molecule has 2 aromatic rings. The van der Waals surface area contributed by atoms with Gasteiger partial charge in [-0.15, -0.1) is 0 Å². The molecule has 35 heavy (non-hydrogen) atoms. The summed E-state index contributed by atoms with van der Waals surface area (Å²) in [6.07, 6.45) is 4.90. The number of likely N-dealkylation sites (tertiary alicyclic amines) is 1. The van der Waals surface area contributed by atoms with E-state index in [2.05, 4.69) is 31.2 Å². The fourth-order valence-electron chi connectivity index (χ4n) is 3.98. The maximum atomic E-state index is 12.8. The predicted molar refractivity (Wildman–Crippen MR) is 132 cm³/mol. The summed E-state index contributed by atoms with van der Waals surface area (Å²) in [6.45, 7) is 11.4. The van der Waals surface area contributed by atoms with E-state index in [0.29, 0.717) is 17.1 Å². The van der Waals surface area contributed by atoms with Crippen molar-refractivity contribution in [3.05, 3.63) is 41.5 Å². The maximum absolute atomic E-state index is 12.8. The maximum Gasteiger partial charge on any atom is 0.412 e. The molecule has 3 rings (SSSR count). The number of rotatable bonds is 7. The van der Waals surface area contributed by atoms with Gasteiger partial charge in [0.1, 0.15) is 5.60 Å². The summed E-state index contributed by atoms with van der Waals surface area (Å²) in [5.74, 6) is -0.120. The van der Waals surface area contributed by atoms with Gasteiger partial charge in [-0.1, -0.05) is 6.07 Å². The summed E-state index contributed by atoms with van der Waals surface area (Å²) in [5.41, 5.74) is 2.10. The van der Waals surface area contributed by atoms with Crippen LogP contribution in [0.4, 0.5) is 10.5 Å². The molecule has 3 heterocycles. The third kappa shape index (κ3) is 7.88. The summed E-state index contributed by atoms with van der Waals surface area (Å²) in [7, 11) is 1.82. The fraction of sp³-hybridized carbons (Fsp3) is 0.560. The van der Waals surface area contributed by atoms with Crippen LogP contribution in [0.25, 0.3) is 0 Å². The summed E-state index contributed by atoms with van der Waals surface area (Å²) >= 11 is 0. The molecule has 0 atom stereocenters.